The van der Waals surface area contributed by atoms with Crippen LogP contribution in [0.2, 0.25) is 0 Å². The van der Waals surface area contributed by atoms with Crippen LogP contribution >= 0.6 is 0 Å². The number of benzene rings is 3. The van der Waals surface area contributed by atoms with E-state index < -0.39 is 11.6 Å². The van der Waals surface area contributed by atoms with E-state index >= 15 is 0 Å². The fourth-order valence-corrected chi connectivity index (χ4v) is 5.84. The van der Waals surface area contributed by atoms with Crippen LogP contribution in [0.1, 0.15) is 68.4 Å². The Labute approximate surface area is 242 Å². The number of nitrogens with one attached hydrogen (secondary N) is 1. The summed E-state index contributed by atoms with van der Waals surface area (Å²) in [7, 11) is 1.47. The van der Waals surface area contributed by atoms with Crippen LogP contribution < -0.4 is 14.8 Å². The van der Waals surface area contributed by atoms with Gasteiger partial charge in [0.25, 0.3) is 5.91 Å². The number of rotatable bonds is 7. The largest absolute Gasteiger partial charge is 0.493 e. The molecule has 0 aromatic heterocycles. The molecule has 1 saturated heterocycles. The van der Waals surface area contributed by atoms with E-state index in [9.17, 15) is 24.3 Å². The van der Waals surface area contributed by atoms with E-state index in [4.69, 9.17) is 9.47 Å². The molecule has 1 unspecified atom stereocenters. The lowest BCUT2D eigenvalue weighted by molar-refractivity contribution is -0.116. The Hall–Kier alpha value is -4.83. The van der Waals surface area contributed by atoms with Gasteiger partial charge < -0.3 is 24.8 Å². The highest BCUT2D eigenvalue weighted by molar-refractivity contribution is 6.30. The Morgan fingerprint density at radius 2 is 1.76 bits per heavy atom. The van der Waals surface area contributed by atoms with Gasteiger partial charge >= 0.3 is 0 Å². The van der Waals surface area contributed by atoms with Crippen LogP contribution in [0.3, 0.4) is 0 Å². The van der Waals surface area contributed by atoms with Crippen LogP contribution in [-0.2, 0) is 4.79 Å². The Bertz CT molecular complexity index is 1680. The number of ether oxygens (including phenoxy) is 2. The fourth-order valence-electron chi connectivity index (χ4n) is 5.84. The molecule has 214 valence electrons. The first-order chi connectivity index (χ1) is 20.2. The Balaban J connectivity index is 1.12. The van der Waals surface area contributed by atoms with Gasteiger partial charge in [-0.1, -0.05) is 36.4 Å². The normalized spacial score (nSPS) is 20.3. The van der Waals surface area contributed by atoms with Gasteiger partial charge in [0.1, 0.15) is 0 Å². The zero-order valence-corrected chi connectivity index (χ0v) is 23.2. The molecular formula is C32H29N3O7. The smallest absolute Gasteiger partial charge is 0.257 e. The van der Waals surface area contributed by atoms with Crippen molar-refractivity contribution in [3.8, 4) is 11.5 Å². The summed E-state index contributed by atoms with van der Waals surface area (Å²) in [5.74, 6) is -0.390. The number of carbonyl (C=O) groups is 4. The van der Waals surface area contributed by atoms with Gasteiger partial charge in [-0.2, -0.15) is 0 Å². The first-order valence-electron chi connectivity index (χ1n) is 13.7. The van der Waals surface area contributed by atoms with Crippen molar-refractivity contribution in [2.45, 2.75) is 37.8 Å². The van der Waals surface area contributed by atoms with E-state index in [0.717, 1.165) is 0 Å². The van der Waals surface area contributed by atoms with Crippen LogP contribution in [0.15, 0.2) is 59.6 Å². The van der Waals surface area contributed by atoms with Crippen molar-refractivity contribution in [2.24, 2.45) is 4.99 Å². The number of aliphatic hydroxyl groups excluding tert-OH is 1. The van der Waals surface area contributed by atoms with Crippen LogP contribution in [0, 0.1) is 0 Å². The summed E-state index contributed by atoms with van der Waals surface area (Å²) in [6.45, 7) is 2.27. The number of fused-ring (bicyclic) bond motifs is 4. The lowest BCUT2D eigenvalue weighted by Gasteiger charge is -2.30. The molecule has 0 saturated carbocycles. The van der Waals surface area contributed by atoms with E-state index in [1.807, 2.05) is 6.92 Å². The summed E-state index contributed by atoms with van der Waals surface area (Å²) in [5, 5.41) is 12.9. The van der Waals surface area contributed by atoms with Crippen molar-refractivity contribution in [3.05, 3.63) is 82.4 Å². The zero-order chi connectivity index (χ0) is 29.6. The quantitative estimate of drug-likeness (QED) is 0.323. The molecule has 2 atom stereocenters. The van der Waals surface area contributed by atoms with Crippen molar-refractivity contribution in [1.29, 1.82) is 0 Å². The van der Waals surface area contributed by atoms with Gasteiger partial charge in [-0.05, 0) is 25.5 Å². The molecule has 3 aliphatic rings. The van der Waals surface area contributed by atoms with Crippen molar-refractivity contribution in [1.82, 2.24) is 4.90 Å². The lowest BCUT2D eigenvalue weighted by atomic mass is 9.83. The number of aliphatic imine (C=N–C) groups is 1. The van der Waals surface area contributed by atoms with Crippen LogP contribution in [0.5, 0.6) is 11.5 Å². The molecule has 1 fully saturated rings. The van der Waals surface area contributed by atoms with Crippen molar-refractivity contribution < 1.29 is 33.8 Å². The zero-order valence-electron chi connectivity index (χ0n) is 23.2. The minimum Gasteiger partial charge on any atom is -0.493 e. The predicted octanol–water partition coefficient (Wildman–Crippen LogP) is 3.95. The van der Waals surface area contributed by atoms with Crippen molar-refractivity contribution in [2.75, 3.05) is 25.6 Å². The summed E-state index contributed by atoms with van der Waals surface area (Å²) >= 11 is 0. The second-order valence-electron chi connectivity index (χ2n) is 10.8. The number of ketones is 2. The number of hydrogen-bond donors (Lipinski definition) is 2. The van der Waals surface area contributed by atoms with Gasteiger partial charge in [0.2, 0.25) is 5.91 Å². The number of carbonyl (C=O) groups excluding carboxylic acids is 4. The van der Waals surface area contributed by atoms with E-state index in [-0.39, 0.29) is 54.1 Å². The highest BCUT2D eigenvalue weighted by Gasteiger charge is 2.45. The molecule has 6 rings (SSSR count). The minimum atomic E-state index is -0.684. The highest BCUT2D eigenvalue weighted by Crippen LogP contribution is 2.40. The summed E-state index contributed by atoms with van der Waals surface area (Å²) in [6.07, 6.45) is 1.93. The fraction of sp³-hybridized carbons (Fsp3) is 0.281. The van der Waals surface area contributed by atoms with E-state index in [1.165, 1.54) is 7.11 Å². The number of amides is 2. The Kier molecular flexibility index (Phi) is 6.86. The SMILES string of the molecule is COc1cc2c(cc1OCCCC(=O)Nc1cccc3c1C(=O)c1ccccc1C3=O)N=C[C@]1(C)CC(O)CN1C2=O. The van der Waals surface area contributed by atoms with Gasteiger partial charge in [0.05, 0.1) is 47.9 Å². The molecule has 2 aliphatic heterocycles. The molecule has 0 spiro atoms. The molecule has 3 aromatic rings. The second kappa shape index (κ2) is 10.5. The highest BCUT2D eigenvalue weighted by atomic mass is 16.5. The van der Waals surface area contributed by atoms with Crippen molar-refractivity contribution in [3.63, 3.8) is 0 Å². The first kappa shape index (κ1) is 27.3. The van der Waals surface area contributed by atoms with E-state index in [2.05, 4.69) is 10.3 Å². The molecule has 42 heavy (non-hydrogen) atoms. The van der Waals surface area contributed by atoms with Crippen LogP contribution in [-0.4, -0.2) is 71.5 Å². The second-order valence-corrected chi connectivity index (χ2v) is 10.8. The molecule has 2 amide bonds. The third-order valence-electron chi connectivity index (χ3n) is 7.93. The first-order valence-corrected chi connectivity index (χ1v) is 13.7. The average molecular weight is 568 g/mol. The summed E-state index contributed by atoms with van der Waals surface area (Å²) in [4.78, 5) is 58.4. The average Bonchev–Trinajstić information content (AvgIpc) is 3.25. The molecule has 0 bridgehead atoms. The van der Waals surface area contributed by atoms with Gasteiger partial charge in [-0.3, -0.25) is 24.2 Å². The number of hydrogen-bond acceptors (Lipinski definition) is 8. The standard InChI is InChI=1S/C32H29N3O7/c1-32-15-18(36)16-35(32)31(40)22-13-25(41-2)26(14-24(22)33-17-32)42-12-6-11-27(37)34-23-10-5-9-21-28(23)30(39)20-8-4-3-7-19(20)29(21)38/h3-5,7-10,13-14,17-18,36H,6,11-12,15-16H2,1-2H3,(H,34,37)/t18?,32-/m0/s1. The maximum absolute atomic E-state index is 13.3. The Morgan fingerprint density at radius 3 is 2.52 bits per heavy atom. The molecule has 2 N–H and O–H groups in total. The molecule has 2 heterocycles. The van der Waals surface area contributed by atoms with Gasteiger partial charge in [-0.25, -0.2) is 0 Å². The molecule has 0 radical (unpaired) electrons. The predicted molar refractivity (Wildman–Crippen MR) is 154 cm³/mol. The topological polar surface area (TPSA) is 135 Å². The molecule has 3 aromatic carbocycles. The maximum Gasteiger partial charge on any atom is 0.257 e. The lowest BCUT2D eigenvalue weighted by Crippen LogP contribution is -2.45. The number of β-amino-alcohol motifs (C(OH)–C–C–N with tert-alkyl or cyclic N) is 1. The minimum absolute atomic E-state index is 0.0991. The molecule has 1 aliphatic carbocycles. The van der Waals surface area contributed by atoms with Gasteiger partial charge in [0.15, 0.2) is 23.1 Å². The summed E-state index contributed by atoms with van der Waals surface area (Å²) < 4.78 is 11.4. The third-order valence-corrected chi connectivity index (χ3v) is 7.93. The third kappa shape index (κ3) is 4.63. The molecule has 10 heteroatoms. The van der Waals surface area contributed by atoms with Crippen molar-refractivity contribution >= 4 is 41.0 Å². The van der Waals surface area contributed by atoms with Gasteiger partial charge in [-0.15, -0.1) is 0 Å². The number of aliphatic hydroxyl groups is 1. The number of nitrogens with zero attached hydrogens (tertiary/aromatic N) is 2. The van der Waals surface area contributed by atoms with Crippen LogP contribution in [0.25, 0.3) is 0 Å². The molecule has 10 nitrogen and oxygen atoms in total. The van der Waals surface area contributed by atoms with E-state index in [1.54, 1.807) is 65.7 Å². The number of anilines is 1. The summed E-state index contributed by atoms with van der Waals surface area (Å²) in [5.41, 5.74) is 1.54. The molecular weight excluding hydrogens is 538 g/mol. The maximum atomic E-state index is 13.3. The van der Waals surface area contributed by atoms with Crippen LogP contribution in [0.4, 0.5) is 11.4 Å². The monoisotopic (exact) mass is 567 g/mol. The summed E-state index contributed by atoms with van der Waals surface area (Å²) in [6, 6.07) is 14.7. The van der Waals surface area contributed by atoms with Gasteiger partial charge in [0, 0.05) is 48.4 Å². The Morgan fingerprint density at radius 1 is 1.02 bits per heavy atom. The van der Waals surface area contributed by atoms with E-state index in [0.29, 0.717) is 52.4 Å². The number of methoxy groups -OCH3 is 1.